The van der Waals surface area contributed by atoms with Gasteiger partial charge in [0.25, 0.3) is 0 Å². The first-order valence-electron chi connectivity index (χ1n) is 6.69. The molecule has 1 saturated heterocycles. The van der Waals surface area contributed by atoms with Crippen molar-refractivity contribution in [2.45, 2.75) is 52.5 Å². The van der Waals surface area contributed by atoms with E-state index >= 15 is 0 Å². The lowest BCUT2D eigenvalue weighted by atomic mass is 9.99. The molecule has 1 aliphatic heterocycles. The molecule has 2 heterocycles. The summed E-state index contributed by atoms with van der Waals surface area (Å²) in [6.07, 6.45) is 4.74. The highest BCUT2D eigenvalue weighted by Crippen LogP contribution is 2.28. The first-order chi connectivity index (χ1) is 8.69. The number of piperidine rings is 1. The number of anilines is 1. The Morgan fingerprint density at radius 2 is 2.11 bits per heavy atom. The Morgan fingerprint density at radius 3 is 2.78 bits per heavy atom. The molecule has 1 fully saturated rings. The molecule has 18 heavy (non-hydrogen) atoms. The molecule has 0 spiro atoms. The monoisotopic (exact) mass is 244 g/mol. The minimum absolute atomic E-state index is 0.502. The van der Waals surface area contributed by atoms with Gasteiger partial charge in [0.15, 0.2) is 5.82 Å². The number of aromatic nitrogens is 2. The van der Waals surface area contributed by atoms with Crippen molar-refractivity contribution in [2.75, 3.05) is 11.4 Å². The van der Waals surface area contributed by atoms with E-state index in [1.54, 1.807) is 0 Å². The molecule has 0 aromatic carbocycles. The van der Waals surface area contributed by atoms with Crippen LogP contribution < -0.4 is 4.90 Å². The van der Waals surface area contributed by atoms with Gasteiger partial charge in [-0.3, -0.25) is 0 Å². The van der Waals surface area contributed by atoms with E-state index in [0.717, 1.165) is 30.0 Å². The molecule has 1 aromatic rings. The third-order valence-electron chi connectivity index (χ3n) is 3.92. The molecule has 4 nitrogen and oxygen atoms in total. The van der Waals surface area contributed by atoms with E-state index < -0.39 is 0 Å². The highest BCUT2D eigenvalue weighted by molar-refractivity contribution is 5.58. The van der Waals surface area contributed by atoms with Crippen molar-refractivity contribution >= 4 is 5.82 Å². The van der Waals surface area contributed by atoms with Gasteiger partial charge in [0.05, 0.1) is 5.69 Å². The highest BCUT2D eigenvalue weighted by Gasteiger charge is 2.25. The predicted molar refractivity (Wildman–Crippen MR) is 71.5 cm³/mol. The molecule has 0 amide bonds. The smallest absolute Gasteiger partial charge is 0.169 e. The lowest BCUT2D eigenvalue weighted by Crippen LogP contribution is -2.40. The third-order valence-corrected chi connectivity index (χ3v) is 3.92. The standard InChI is InChI=1S/C14H20N4/c1-4-12-7-5-6-8-18(12)14-13(9-15)10(2)11(3)16-17-14/h12H,4-8H2,1-3H3. The van der Waals surface area contributed by atoms with Gasteiger partial charge in [0, 0.05) is 12.6 Å². The number of hydrogen-bond donors (Lipinski definition) is 0. The zero-order chi connectivity index (χ0) is 13.1. The summed E-state index contributed by atoms with van der Waals surface area (Å²) < 4.78 is 0. The maximum atomic E-state index is 9.37. The maximum Gasteiger partial charge on any atom is 0.169 e. The topological polar surface area (TPSA) is 52.8 Å². The largest absolute Gasteiger partial charge is 0.351 e. The Bertz CT molecular complexity index is 475. The number of nitriles is 1. The van der Waals surface area contributed by atoms with Gasteiger partial charge in [-0.05, 0) is 45.1 Å². The van der Waals surface area contributed by atoms with Crippen molar-refractivity contribution in [2.24, 2.45) is 0 Å². The molecule has 1 aromatic heterocycles. The van der Waals surface area contributed by atoms with Crippen LogP contribution in [0, 0.1) is 25.2 Å². The number of hydrogen-bond acceptors (Lipinski definition) is 4. The maximum absolute atomic E-state index is 9.37. The molecule has 2 rings (SSSR count). The predicted octanol–water partition coefficient (Wildman–Crippen LogP) is 2.73. The molecule has 1 unspecified atom stereocenters. The summed E-state index contributed by atoms with van der Waals surface area (Å²) in [7, 11) is 0. The molecule has 4 heteroatoms. The van der Waals surface area contributed by atoms with Crippen LogP contribution in [-0.4, -0.2) is 22.8 Å². The minimum Gasteiger partial charge on any atom is -0.351 e. The summed E-state index contributed by atoms with van der Waals surface area (Å²) in [5, 5.41) is 17.8. The Kier molecular flexibility index (Phi) is 3.81. The van der Waals surface area contributed by atoms with Gasteiger partial charge in [-0.2, -0.15) is 10.4 Å². The van der Waals surface area contributed by atoms with Crippen LogP contribution in [0.15, 0.2) is 0 Å². The van der Waals surface area contributed by atoms with E-state index in [4.69, 9.17) is 0 Å². The molecule has 0 aliphatic carbocycles. The van der Waals surface area contributed by atoms with Crippen LogP contribution in [0.2, 0.25) is 0 Å². The fourth-order valence-corrected chi connectivity index (χ4v) is 2.63. The summed E-state index contributed by atoms with van der Waals surface area (Å²) in [6.45, 7) is 7.05. The SMILES string of the molecule is CCC1CCCCN1c1nnc(C)c(C)c1C#N. The average molecular weight is 244 g/mol. The second-order valence-electron chi connectivity index (χ2n) is 4.97. The van der Waals surface area contributed by atoms with Crippen LogP contribution in [0.4, 0.5) is 5.82 Å². The zero-order valence-electron chi connectivity index (χ0n) is 11.4. The highest BCUT2D eigenvalue weighted by atomic mass is 15.3. The zero-order valence-corrected chi connectivity index (χ0v) is 11.4. The van der Waals surface area contributed by atoms with E-state index in [2.05, 4.69) is 28.1 Å². The molecule has 0 bridgehead atoms. The van der Waals surface area contributed by atoms with Gasteiger partial charge in [-0.1, -0.05) is 6.92 Å². The van der Waals surface area contributed by atoms with Crippen LogP contribution in [0.25, 0.3) is 0 Å². The van der Waals surface area contributed by atoms with Crippen molar-refractivity contribution in [3.8, 4) is 6.07 Å². The van der Waals surface area contributed by atoms with Gasteiger partial charge >= 0.3 is 0 Å². The summed E-state index contributed by atoms with van der Waals surface area (Å²) in [5.74, 6) is 0.784. The Labute approximate surface area is 109 Å². The fraction of sp³-hybridized carbons (Fsp3) is 0.643. The summed E-state index contributed by atoms with van der Waals surface area (Å²) in [6, 6.07) is 2.80. The molecular formula is C14H20N4. The molecule has 1 atom stereocenters. The Morgan fingerprint density at radius 1 is 1.33 bits per heavy atom. The van der Waals surface area contributed by atoms with Crippen LogP contribution >= 0.6 is 0 Å². The average Bonchev–Trinajstić information content (AvgIpc) is 2.41. The lowest BCUT2D eigenvalue weighted by molar-refractivity contribution is 0.445. The summed E-state index contributed by atoms with van der Waals surface area (Å²) in [4.78, 5) is 2.28. The van der Waals surface area contributed by atoms with Gasteiger partial charge in [0.2, 0.25) is 0 Å². The molecule has 1 aliphatic rings. The molecule has 0 radical (unpaired) electrons. The van der Waals surface area contributed by atoms with Crippen LogP contribution in [0.1, 0.15) is 49.4 Å². The van der Waals surface area contributed by atoms with Crippen LogP contribution in [0.3, 0.4) is 0 Å². The minimum atomic E-state index is 0.502. The fourth-order valence-electron chi connectivity index (χ4n) is 2.63. The Hall–Kier alpha value is -1.63. The van der Waals surface area contributed by atoms with Crippen molar-refractivity contribution in [1.29, 1.82) is 5.26 Å². The van der Waals surface area contributed by atoms with E-state index in [1.165, 1.54) is 19.3 Å². The van der Waals surface area contributed by atoms with Crippen LogP contribution in [0.5, 0.6) is 0 Å². The van der Waals surface area contributed by atoms with Crippen molar-refractivity contribution in [3.05, 3.63) is 16.8 Å². The van der Waals surface area contributed by atoms with E-state index in [0.29, 0.717) is 11.6 Å². The second kappa shape index (κ2) is 5.34. The van der Waals surface area contributed by atoms with Gasteiger partial charge < -0.3 is 4.90 Å². The first-order valence-corrected chi connectivity index (χ1v) is 6.69. The van der Waals surface area contributed by atoms with Gasteiger partial charge in [0.1, 0.15) is 11.6 Å². The van der Waals surface area contributed by atoms with Crippen LogP contribution in [-0.2, 0) is 0 Å². The lowest BCUT2D eigenvalue weighted by Gasteiger charge is -2.36. The quantitative estimate of drug-likeness (QED) is 0.802. The van der Waals surface area contributed by atoms with E-state index in [9.17, 15) is 5.26 Å². The second-order valence-corrected chi connectivity index (χ2v) is 4.97. The van der Waals surface area contributed by atoms with Gasteiger partial charge in [-0.15, -0.1) is 5.10 Å². The molecule has 0 N–H and O–H groups in total. The molecule has 96 valence electrons. The summed E-state index contributed by atoms with van der Waals surface area (Å²) in [5.41, 5.74) is 2.51. The number of aryl methyl sites for hydroxylation is 1. The van der Waals surface area contributed by atoms with Crippen molar-refractivity contribution in [3.63, 3.8) is 0 Å². The number of rotatable bonds is 2. The summed E-state index contributed by atoms with van der Waals surface area (Å²) >= 11 is 0. The third kappa shape index (κ3) is 2.17. The number of nitrogens with zero attached hydrogens (tertiary/aromatic N) is 4. The normalized spacial score (nSPS) is 19.7. The van der Waals surface area contributed by atoms with E-state index in [1.807, 2.05) is 13.8 Å². The Balaban J connectivity index is 2.44. The van der Waals surface area contributed by atoms with Crippen molar-refractivity contribution in [1.82, 2.24) is 10.2 Å². The molecular weight excluding hydrogens is 224 g/mol. The first kappa shape index (κ1) is 12.8. The molecule has 0 saturated carbocycles. The van der Waals surface area contributed by atoms with E-state index in [-0.39, 0.29) is 0 Å². The van der Waals surface area contributed by atoms with Gasteiger partial charge in [-0.25, -0.2) is 0 Å². The van der Waals surface area contributed by atoms with Crippen molar-refractivity contribution < 1.29 is 0 Å².